The number of allylic oxidation sites excluding steroid dienone is 2. The summed E-state index contributed by atoms with van der Waals surface area (Å²) >= 11 is 0. The van der Waals surface area contributed by atoms with Gasteiger partial charge in [-0.05, 0) is 31.6 Å². The van der Waals surface area contributed by atoms with E-state index in [2.05, 4.69) is 29.6 Å². The zero-order valence-electron chi connectivity index (χ0n) is 12.9. The monoisotopic (exact) mass is 299 g/mol. The fourth-order valence-corrected chi connectivity index (χ4v) is 4.30. The molecule has 1 aromatic rings. The number of methoxy groups -OCH3 is 1. The van der Waals surface area contributed by atoms with Gasteiger partial charge in [0.05, 0.1) is 12.5 Å². The second-order valence-electron chi connectivity index (χ2n) is 6.25. The Labute approximate surface area is 130 Å². The van der Waals surface area contributed by atoms with Crippen molar-refractivity contribution in [3.63, 3.8) is 0 Å². The van der Waals surface area contributed by atoms with E-state index < -0.39 is 6.10 Å². The zero-order valence-corrected chi connectivity index (χ0v) is 12.9. The molecule has 1 heterocycles. The molecule has 1 aliphatic heterocycles. The van der Waals surface area contributed by atoms with Crippen LogP contribution in [0.3, 0.4) is 0 Å². The molecule has 0 amide bonds. The van der Waals surface area contributed by atoms with Crippen LogP contribution in [0, 0.1) is 5.92 Å². The topological polar surface area (TPSA) is 50.7 Å². The second-order valence-corrected chi connectivity index (χ2v) is 6.25. The molecule has 4 atom stereocenters. The average Bonchev–Trinajstić information content (AvgIpc) is 2.90. The van der Waals surface area contributed by atoms with Crippen molar-refractivity contribution < 1.29 is 14.6 Å². The van der Waals surface area contributed by atoms with Crippen molar-refractivity contribution in [2.75, 3.05) is 20.7 Å². The largest absolute Gasteiger partial charge is 0.493 e. The molecule has 2 aliphatic carbocycles. The maximum absolute atomic E-state index is 10.5. The molecule has 4 nitrogen and oxygen atoms in total. The van der Waals surface area contributed by atoms with Gasteiger partial charge in [0.25, 0.3) is 0 Å². The summed E-state index contributed by atoms with van der Waals surface area (Å²) in [6.07, 6.45) is 8.44. The molecule has 0 aromatic heterocycles. The Hall–Kier alpha value is -1.78. The lowest BCUT2D eigenvalue weighted by molar-refractivity contribution is 0.0101. The third-order valence-electron chi connectivity index (χ3n) is 5.28. The van der Waals surface area contributed by atoms with E-state index in [1.54, 1.807) is 7.11 Å². The van der Waals surface area contributed by atoms with Crippen molar-refractivity contribution in [3.05, 3.63) is 41.5 Å². The summed E-state index contributed by atoms with van der Waals surface area (Å²) < 4.78 is 11.7. The molecular weight excluding hydrogens is 278 g/mol. The van der Waals surface area contributed by atoms with Crippen LogP contribution in [0.5, 0.6) is 11.5 Å². The van der Waals surface area contributed by atoms with E-state index >= 15 is 0 Å². The van der Waals surface area contributed by atoms with Gasteiger partial charge in [-0.25, -0.2) is 0 Å². The Morgan fingerprint density at radius 1 is 1.32 bits per heavy atom. The minimum Gasteiger partial charge on any atom is -0.493 e. The van der Waals surface area contributed by atoms with Gasteiger partial charge in [0, 0.05) is 11.5 Å². The number of hydrogen-bond acceptors (Lipinski definition) is 4. The number of aliphatic hydroxyl groups excluding tert-OH is 1. The highest BCUT2D eigenvalue weighted by molar-refractivity contribution is 5.71. The summed E-state index contributed by atoms with van der Waals surface area (Å²) in [7, 11) is 3.62. The van der Waals surface area contributed by atoms with Gasteiger partial charge in [-0.3, -0.25) is 0 Å². The normalized spacial score (nSPS) is 33.5. The second kappa shape index (κ2) is 4.86. The number of nitrogens with one attached hydrogen (secondary N) is 1. The SMILES string of the molecule is CNCCC12c3c4ccc(OC)c3OC1C(O)C=CC2C=C4. The Morgan fingerprint density at radius 2 is 2.18 bits per heavy atom. The molecule has 0 bridgehead atoms. The van der Waals surface area contributed by atoms with E-state index in [1.165, 1.54) is 11.1 Å². The molecule has 2 N–H and O–H groups in total. The summed E-state index contributed by atoms with van der Waals surface area (Å²) in [4.78, 5) is 0. The molecule has 4 unspecified atom stereocenters. The highest BCUT2D eigenvalue weighted by atomic mass is 16.5. The minimum atomic E-state index is -0.593. The van der Waals surface area contributed by atoms with Gasteiger partial charge in [0.2, 0.25) is 0 Å². The van der Waals surface area contributed by atoms with Gasteiger partial charge in [-0.15, -0.1) is 0 Å². The molecule has 4 rings (SSSR count). The number of benzene rings is 1. The molecule has 0 spiro atoms. The fraction of sp³-hybridized carbons (Fsp3) is 0.444. The third-order valence-corrected chi connectivity index (χ3v) is 5.28. The summed E-state index contributed by atoms with van der Waals surface area (Å²) in [6.45, 7) is 0.876. The van der Waals surface area contributed by atoms with Gasteiger partial charge in [0.1, 0.15) is 12.2 Å². The highest BCUT2D eigenvalue weighted by Crippen LogP contribution is 2.59. The predicted molar refractivity (Wildman–Crippen MR) is 85.3 cm³/mol. The van der Waals surface area contributed by atoms with Gasteiger partial charge in [0.15, 0.2) is 11.5 Å². The van der Waals surface area contributed by atoms with E-state index in [0.717, 1.165) is 24.5 Å². The van der Waals surface area contributed by atoms with E-state index in [4.69, 9.17) is 9.47 Å². The molecule has 4 heteroatoms. The Bertz CT molecular complexity index is 667. The molecule has 0 radical (unpaired) electrons. The first-order chi connectivity index (χ1) is 10.7. The Morgan fingerprint density at radius 3 is 2.95 bits per heavy atom. The van der Waals surface area contributed by atoms with Gasteiger partial charge in [-0.1, -0.05) is 30.4 Å². The van der Waals surface area contributed by atoms with Crippen LogP contribution in [-0.2, 0) is 5.41 Å². The molecule has 116 valence electrons. The standard InChI is InChI=1S/C18H21NO3/c1-19-10-9-18-12-5-3-11-4-8-14(21-2)16(15(11)18)22-17(18)13(20)7-6-12/h3-8,12-13,17,19-20H,9-10H2,1-2H3. The maximum atomic E-state index is 10.5. The molecule has 3 aliphatic rings. The minimum absolute atomic E-state index is 0.217. The zero-order chi connectivity index (χ0) is 15.3. The first kappa shape index (κ1) is 13.9. The predicted octanol–water partition coefficient (Wildman–Crippen LogP) is 1.88. The van der Waals surface area contributed by atoms with Crippen molar-refractivity contribution in [1.29, 1.82) is 0 Å². The lowest BCUT2D eigenvalue weighted by Gasteiger charge is -2.45. The first-order valence-electron chi connectivity index (χ1n) is 7.79. The van der Waals surface area contributed by atoms with Crippen molar-refractivity contribution in [3.8, 4) is 11.5 Å². The lowest BCUT2D eigenvalue weighted by Crippen LogP contribution is -2.53. The molecular formula is C18H21NO3. The van der Waals surface area contributed by atoms with Crippen LogP contribution in [0.1, 0.15) is 17.5 Å². The number of hydrogen-bond donors (Lipinski definition) is 2. The summed E-state index contributed by atoms with van der Waals surface area (Å²) in [5, 5.41) is 13.8. The molecule has 0 fully saturated rings. The average molecular weight is 299 g/mol. The summed E-state index contributed by atoms with van der Waals surface area (Å²) in [5.74, 6) is 1.80. The van der Waals surface area contributed by atoms with Crippen LogP contribution < -0.4 is 14.8 Å². The molecule has 0 saturated heterocycles. The van der Waals surface area contributed by atoms with Crippen LogP contribution in [0.15, 0.2) is 30.4 Å². The number of ether oxygens (including phenoxy) is 2. The van der Waals surface area contributed by atoms with Crippen molar-refractivity contribution in [2.24, 2.45) is 5.92 Å². The van der Waals surface area contributed by atoms with Crippen molar-refractivity contribution in [1.82, 2.24) is 5.32 Å². The Kier molecular flexibility index (Phi) is 3.06. The first-order valence-corrected chi connectivity index (χ1v) is 7.79. The van der Waals surface area contributed by atoms with Crippen molar-refractivity contribution in [2.45, 2.75) is 24.0 Å². The van der Waals surface area contributed by atoms with Gasteiger partial charge < -0.3 is 19.9 Å². The number of rotatable bonds is 4. The van der Waals surface area contributed by atoms with E-state index in [0.29, 0.717) is 0 Å². The molecule has 22 heavy (non-hydrogen) atoms. The van der Waals surface area contributed by atoms with E-state index in [-0.39, 0.29) is 17.4 Å². The maximum Gasteiger partial charge on any atom is 0.166 e. The van der Waals surface area contributed by atoms with E-state index in [1.807, 2.05) is 19.2 Å². The smallest absolute Gasteiger partial charge is 0.166 e. The summed E-state index contributed by atoms with van der Waals surface area (Å²) in [6, 6.07) is 4.03. The fourth-order valence-electron chi connectivity index (χ4n) is 4.30. The molecule has 1 aromatic carbocycles. The van der Waals surface area contributed by atoms with Crippen LogP contribution in [0.2, 0.25) is 0 Å². The van der Waals surface area contributed by atoms with Crippen LogP contribution in [0.25, 0.3) is 6.08 Å². The highest BCUT2D eigenvalue weighted by Gasteiger charge is 2.58. The van der Waals surface area contributed by atoms with Gasteiger partial charge in [-0.2, -0.15) is 0 Å². The quantitative estimate of drug-likeness (QED) is 0.834. The molecule has 0 saturated carbocycles. The van der Waals surface area contributed by atoms with Crippen LogP contribution in [-0.4, -0.2) is 38.0 Å². The number of aliphatic hydroxyl groups is 1. The third kappa shape index (κ3) is 1.59. The van der Waals surface area contributed by atoms with Crippen LogP contribution in [0.4, 0.5) is 0 Å². The Balaban J connectivity index is 1.97. The van der Waals surface area contributed by atoms with Gasteiger partial charge >= 0.3 is 0 Å². The lowest BCUT2D eigenvalue weighted by atomic mass is 9.59. The van der Waals surface area contributed by atoms with Crippen molar-refractivity contribution >= 4 is 6.08 Å². The summed E-state index contributed by atoms with van der Waals surface area (Å²) in [5.41, 5.74) is 2.15. The van der Waals surface area contributed by atoms with E-state index in [9.17, 15) is 5.11 Å². The van der Waals surface area contributed by atoms with Crippen LogP contribution >= 0.6 is 0 Å².